The molecule has 5 rings (SSSR count). The number of Topliss-reactive ketones (excluding diaryl/α,β-unsaturated/α-hetero) is 1. The summed E-state index contributed by atoms with van der Waals surface area (Å²) in [6.07, 6.45) is -0.410. The van der Waals surface area contributed by atoms with Crippen LogP contribution in [0.25, 0.3) is 0 Å². The molecule has 1 aliphatic heterocycles. The fourth-order valence-corrected chi connectivity index (χ4v) is 7.60. The predicted molar refractivity (Wildman–Crippen MR) is 131 cm³/mol. The number of esters is 2. The molecule has 0 spiro atoms. The van der Waals surface area contributed by atoms with E-state index in [1.807, 2.05) is 6.07 Å². The number of fused-ring (bicyclic) bond motifs is 5. The second-order valence-electron chi connectivity index (χ2n) is 11.8. The topological polar surface area (TPSA) is 99.1 Å². The molecular weight excluding hydrogens is 460 g/mol. The van der Waals surface area contributed by atoms with Gasteiger partial charge in [-0.25, -0.2) is 4.79 Å². The highest BCUT2D eigenvalue weighted by Crippen LogP contribution is 2.62. The maximum absolute atomic E-state index is 14.2. The number of allylic oxidation sites excluding steroid dienone is 2. The van der Waals surface area contributed by atoms with E-state index < -0.39 is 52.6 Å². The lowest BCUT2D eigenvalue weighted by Gasteiger charge is -2.65. The van der Waals surface area contributed by atoms with Crippen LogP contribution in [0.2, 0.25) is 0 Å². The molecule has 4 aliphatic rings. The summed E-state index contributed by atoms with van der Waals surface area (Å²) < 4.78 is 18.2. The third-order valence-electron chi connectivity index (χ3n) is 9.66. The van der Waals surface area contributed by atoms with Gasteiger partial charge in [0, 0.05) is 25.7 Å². The molecule has 0 radical (unpaired) electrons. The molecule has 1 aromatic rings. The van der Waals surface area contributed by atoms with Gasteiger partial charge in [0.1, 0.15) is 18.0 Å². The van der Waals surface area contributed by atoms with Crippen molar-refractivity contribution in [2.24, 2.45) is 22.7 Å². The van der Waals surface area contributed by atoms with Crippen LogP contribution in [-0.4, -0.2) is 53.3 Å². The number of rotatable bonds is 3. The smallest absolute Gasteiger partial charge is 0.338 e. The standard InChI is InChI=1S/C29H36O7/c1-16-11-12-19-24(35-26(33)18-9-7-6-8-10-18)25-28(5,21(31)13-20(16)27(19,3)4)22(32)14-23-29(25,15-34-23)36-17(2)30/h6-10,19,22-25,32H,11-15H2,1-5H3/t19?,22-,23+,24+,25-,28+,29-/m0/s1. The molecule has 3 aliphatic carbocycles. The summed E-state index contributed by atoms with van der Waals surface area (Å²) in [6, 6.07) is 8.78. The van der Waals surface area contributed by atoms with Gasteiger partial charge in [-0.2, -0.15) is 0 Å². The van der Waals surface area contributed by atoms with E-state index in [-0.39, 0.29) is 31.1 Å². The number of hydrogen-bond acceptors (Lipinski definition) is 7. The molecule has 0 amide bonds. The van der Waals surface area contributed by atoms with Crippen molar-refractivity contribution >= 4 is 17.7 Å². The van der Waals surface area contributed by atoms with Crippen molar-refractivity contribution in [1.29, 1.82) is 0 Å². The Morgan fingerprint density at radius 2 is 1.83 bits per heavy atom. The fourth-order valence-electron chi connectivity index (χ4n) is 7.60. The van der Waals surface area contributed by atoms with Crippen molar-refractivity contribution in [3.8, 4) is 0 Å². The average molecular weight is 497 g/mol. The Labute approximate surface area is 212 Å². The first-order chi connectivity index (χ1) is 16.9. The molecule has 7 heteroatoms. The van der Waals surface area contributed by atoms with Crippen LogP contribution in [0.15, 0.2) is 41.5 Å². The predicted octanol–water partition coefficient (Wildman–Crippen LogP) is 4.03. The highest BCUT2D eigenvalue weighted by atomic mass is 16.6. The van der Waals surface area contributed by atoms with Crippen LogP contribution in [-0.2, 0) is 23.8 Å². The molecule has 194 valence electrons. The summed E-state index contributed by atoms with van der Waals surface area (Å²) in [6.45, 7) is 9.50. The highest BCUT2D eigenvalue weighted by Gasteiger charge is 2.73. The molecule has 7 nitrogen and oxygen atoms in total. The molecule has 36 heavy (non-hydrogen) atoms. The number of carbonyl (C=O) groups is 3. The lowest BCUT2D eigenvalue weighted by molar-refractivity contribution is -0.334. The number of ether oxygens (including phenoxy) is 3. The Bertz CT molecular complexity index is 1120. The summed E-state index contributed by atoms with van der Waals surface area (Å²) in [5.41, 5.74) is -0.210. The normalized spacial score (nSPS) is 39.1. The summed E-state index contributed by atoms with van der Waals surface area (Å²) >= 11 is 0. The van der Waals surface area contributed by atoms with Gasteiger partial charge in [-0.3, -0.25) is 9.59 Å². The van der Waals surface area contributed by atoms with Crippen LogP contribution in [0.1, 0.15) is 70.7 Å². The minimum Gasteiger partial charge on any atom is -0.458 e. The Hall–Kier alpha value is -2.51. The van der Waals surface area contributed by atoms with Gasteiger partial charge in [0.2, 0.25) is 0 Å². The lowest BCUT2D eigenvalue weighted by Crippen LogP contribution is -2.78. The Morgan fingerprint density at radius 1 is 1.14 bits per heavy atom. The second-order valence-corrected chi connectivity index (χ2v) is 11.8. The van der Waals surface area contributed by atoms with E-state index in [2.05, 4.69) is 20.8 Å². The zero-order chi connectivity index (χ0) is 26.0. The Morgan fingerprint density at radius 3 is 2.44 bits per heavy atom. The van der Waals surface area contributed by atoms with Gasteiger partial charge in [0.25, 0.3) is 0 Å². The molecule has 1 unspecified atom stereocenters. The van der Waals surface area contributed by atoms with E-state index in [9.17, 15) is 19.5 Å². The van der Waals surface area contributed by atoms with Crippen LogP contribution < -0.4 is 0 Å². The molecule has 1 saturated heterocycles. The molecule has 3 fully saturated rings. The van der Waals surface area contributed by atoms with Gasteiger partial charge >= 0.3 is 11.9 Å². The van der Waals surface area contributed by atoms with E-state index in [0.717, 1.165) is 18.4 Å². The minimum absolute atomic E-state index is 0.103. The van der Waals surface area contributed by atoms with Gasteiger partial charge in [-0.1, -0.05) is 43.2 Å². The zero-order valence-corrected chi connectivity index (χ0v) is 21.7. The molecule has 2 saturated carbocycles. The maximum atomic E-state index is 14.2. The average Bonchev–Trinajstić information content (AvgIpc) is 2.81. The van der Waals surface area contributed by atoms with Gasteiger partial charge in [0.05, 0.1) is 29.6 Å². The van der Waals surface area contributed by atoms with Crippen LogP contribution in [0.5, 0.6) is 0 Å². The van der Waals surface area contributed by atoms with Crippen LogP contribution in [0.4, 0.5) is 0 Å². The van der Waals surface area contributed by atoms with Crippen molar-refractivity contribution in [3.05, 3.63) is 47.0 Å². The van der Waals surface area contributed by atoms with Crippen molar-refractivity contribution in [2.45, 2.75) is 84.2 Å². The number of hydrogen-bond donors (Lipinski definition) is 1. The summed E-state index contributed by atoms with van der Waals surface area (Å²) in [7, 11) is 0. The SMILES string of the molecule is CC(=O)O[C@@]12CO[C@@H]1C[C@H](O)[C@@]1(C)C(=O)CC3=C(C)CCC([C@@H](OC(=O)c4ccccc4)[C@H]21)C3(C)C. The van der Waals surface area contributed by atoms with Crippen molar-refractivity contribution in [2.75, 3.05) is 6.61 Å². The van der Waals surface area contributed by atoms with Crippen molar-refractivity contribution < 1.29 is 33.7 Å². The molecule has 1 N–H and O–H groups in total. The van der Waals surface area contributed by atoms with E-state index >= 15 is 0 Å². The first kappa shape index (κ1) is 25.2. The largest absolute Gasteiger partial charge is 0.458 e. The fraction of sp³-hybridized carbons (Fsp3) is 0.621. The lowest BCUT2D eigenvalue weighted by atomic mass is 9.46. The molecule has 1 heterocycles. The summed E-state index contributed by atoms with van der Waals surface area (Å²) in [5, 5.41) is 11.5. The van der Waals surface area contributed by atoms with Gasteiger partial charge in [-0.05, 0) is 44.2 Å². The third-order valence-corrected chi connectivity index (χ3v) is 9.66. The van der Waals surface area contributed by atoms with Crippen LogP contribution >= 0.6 is 0 Å². The maximum Gasteiger partial charge on any atom is 0.338 e. The zero-order valence-electron chi connectivity index (χ0n) is 21.7. The van der Waals surface area contributed by atoms with Crippen LogP contribution in [0, 0.1) is 22.7 Å². The van der Waals surface area contributed by atoms with Gasteiger partial charge < -0.3 is 19.3 Å². The van der Waals surface area contributed by atoms with E-state index in [0.29, 0.717) is 5.56 Å². The number of carbonyl (C=O) groups excluding carboxylic acids is 3. The van der Waals surface area contributed by atoms with Crippen LogP contribution in [0.3, 0.4) is 0 Å². The van der Waals surface area contributed by atoms with Crippen molar-refractivity contribution in [3.63, 3.8) is 0 Å². The van der Waals surface area contributed by atoms with Crippen molar-refractivity contribution in [1.82, 2.24) is 0 Å². The number of benzene rings is 1. The summed E-state index contributed by atoms with van der Waals surface area (Å²) in [4.78, 5) is 40.0. The Balaban J connectivity index is 1.72. The van der Waals surface area contributed by atoms with Gasteiger partial charge in [-0.15, -0.1) is 0 Å². The quantitative estimate of drug-likeness (QED) is 0.498. The first-order valence-corrected chi connectivity index (χ1v) is 12.9. The summed E-state index contributed by atoms with van der Waals surface area (Å²) in [5.74, 6) is -1.97. The number of ketones is 1. The monoisotopic (exact) mass is 496 g/mol. The highest BCUT2D eigenvalue weighted by molar-refractivity contribution is 5.91. The number of aliphatic hydroxyl groups is 1. The third kappa shape index (κ3) is 3.50. The molecular formula is C29H36O7. The van der Waals surface area contributed by atoms with E-state index in [1.54, 1.807) is 31.2 Å². The molecule has 2 bridgehead atoms. The first-order valence-electron chi connectivity index (χ1n) is 12.9. The molecule has 7 atom stereocenters. The van der Waals surface area contributed by atoms with Gasteiger partial charge in [0.15, 0.2) is 5.60 Å². The van der Waals surface area contributed by atoms with E-state index in [4.69, 9.17) is 14.2 Å². The van der Waals surface area contributed by atoms with E-state index in [1.165, 1.54) is 12.5 Å². The molecule has 0 aromatic heterocycles. The second kappa shape index (κ2) is 8.52. The minimum atomic E-state index is -1.28. The number of aliphatic hydroxyl groups excluding tert-OH is 1. The molecule has 1 aromatic carbocycles. The Kier molecular flexibility index (Phi) is 5.95.